The Morgan fingerprint density at radius 3 is 1.33 bits per heavy atom. The quantitative estimate of drug-likeness (QED) is 0.260. The fourth-order valence-electron chi connectivity index (χ4n) is 0. The zero-order valence-corrected chi connectivity index (χ0v) is 6.66. The Morgan fingerprint density at radius 2 is 1.33 bits per heavy atom. The second-order valence-electron chi connectivity index (χ2n) is 0.289. The summed E-state index contributed by atoms with van der Waals surface area (Å²) in [5.41, 5.74) is 0. The van der Waals surface area contributed by atoms with Gasteiger partial charge in [0.1, 0.15) is 0 Å². The molecule has 0 nitrogen and oxygen atoms in total. The van der Waals surface area contributed by atoms with Gasteiger partial charge in [0.25, 0.3) is 0 Å². The van der Waals surface area contributed by atoms with Crippen molar-refractivity contribution in [2.75, 3.05) is 5.75 Å². The van der Waals surface area contributed by atoms with E-state index in [1.165, 1.54) is 0 Å². The molecule has 0 unspecified atom stereocenters. The van der Waals surface area contributed by atoms with Gasteiger partial charge in [0, 0.05) is 0 Å². The molecular weight excluding hydrogens is 107 g/mol. The van der Waals surface area contributed by atoms with Gasteiger partial charge in [-0.05, 0) is 0 Å². The first-order valence-corrected chi connectivity index (χ1v) is 1.57. The summed E-state index contributed by atoms with van der Waals surface area (Å²) in [6.45, 7) is 1.94. The van der Waals surface area contributed by atoms with Crippen molar-refractivity contribution in [1.82, 2.24) is 0 Å². The summed E-state index contributed by atoms with van der Waals surface area (Å²) in [5.74, 6) is 0.833. The van der Waals surface area contributed by atoms with Crippen LogP contribution in [0.3, 0.4) is 0 Å². The van der Waals surface area contributed by atoms with Crippen LogP contribution in [0.5, 0.6) is 0 Å². The van der Waals surface area contributed by atoms with E-state index in [0.29, 0.717) is 0 Å². The van der Waals surface area contributed by atoms with E-state index in [9.17, 15) is 0 Å². The first-order chi connectivity index (χ1) is 1.41. The number of hydrogen-bond donors (Lipinski definition) is 0. The van der Waals surface area contributed by atoms with Gasteiger partial charge in [0.2, 0.25) is 0 Å². The van der Waals surface area contributed by atoms with Gasteiger partial charge in [-0.3, -0.25) is 0 Å². The molecule has 0 bridgehead atoms. The summed E-state index contributed by atoms with van der Waals surface area (Å²) in [5, 5.41) is 0. The van der Waals surface area contributed by atoms with E-state index in [1.54, 1.807) is 0 Å². The molecule has 0 atom stereocenters. The molecule has 0 aliphatic rings. The summed E-state index contributed by atoms with van der Waals surface area (Å²) in [4.78, 5) is 0. The first kappa shape index (κ1) is 28.7. The summed E-state index contributed by atoms with van der Waals surface area (Å²) >= 11 is 4.39. The first-order valence-electron chi connectivity index (χ1n) is 0.996. The van der Waals surface area contributed by atoms with Crippen molar-refractivity contribution in [3.05, 3.63) is 14.9 Å². The van der Waals surface area contributed by atoms with Crippen LogP contribution in [0, 0.1) is 14.9 Å². The van der Waals surface area contributed by atoms with Crippen LogP contribution >= 0.6 is 0 Å². The normalized spacial score (nSPS) is 3.00. The van der Waals surface area contributed by atoms with Crippen LogP contribution < -0.4 is 0 Å². The molecule has 0 aromatic rings. The van der Waals surface area contributed by atoms with Crippen molar-refractivity contribution in [2.24, 2.45) is 0 Å². The Balaban J connectivity index is -0.00000000667. The number of rotatable bonds is 0. The molecule has 0 rings (SSSR count). The van der Waals surface area contributed by atoms with E-state index in [2.05, 4.69) is 12.6 Å². The van der Waals surface area contributed by atoms with Gasteiger partial charge in [0.05, 0.1) is 0 Å². The molecule has 0 fully saturated rings. The maximum atomic E-state index is 4.39. The maximum absolute atomic E-state index is 4.39. The minimum atomic E-state index is 0. The third-order valence-electron chi connectivity index (χ3n) is 0. The molecule has 36 valence electrons. The second kappa shape index (κ2) is 39.6. The van der Waals surface area contributed by atoms with Gasteiger partial charge in [-0.1, -0.05) is 6.92 Å². The predicted molar refractivity (Wildman–Crippen MR) is 36.5 cm³/mol. The van der Waals surface area contributed by atoms with Crippen LogP contribution in [0.1, 0.15) is 6.92 Å². The zero-order chi connectivity index (χ0) is 2.71. The van der Waals surface area contributed by atoms with E-state index < -0.39 is 0 Å². The SMILES string of the molecule is CC[S-].[Al+3].[CH3-].[CH3-]. The van der Waals surface area contributed by atoms with Gasteiger partial charge in [-0.15, -0.1) is 0 Å². The Kier molecular flexibility index (Phi) is 189. The Morgan fingerprint density at radius 1 is 1.33 bits per heavy atom. The summed E-state index contributed by atoms with van der Waals surface area (Å²) < 4.78 is 0. The van der Waals surface area contributed by atoms with Gasteiger partial charge in [0.15, 0.2) is 0 Å². The van der Waals surface area contributed by atoms with Crippen molar-refractivity contribution < 1.29 is 0 Å². The molecule has 0 radical (unpaired) electrons. The van der Waals surface area contributed by atoms with Crippen LogP contribution in [-0.2, 0) is 12.6 Å². The van der Waals surface area contributed by atoms with Crippen molar-refractivity contribution in [3.63, 3.8) is 0 Å². The fraction of sp³-hybridized carbons (Fsp3) is 0.500. The van der Waals surface area contributed by atoms with Gasteiger partial charge < -0.3 is 27.5 Å². The predicted octanol–water partition coefficient (Wildman–Crippen LogP) is 1.07. The van der Waals surface area contributed by atoms with E-state index in [1.807, 2.05) is 6.92 Å². The van der Waals surface area contributed by atoms with Gasteiger partial charge >= 0.3 is 17.4 Å². The fourth-order valence-corrected chi connectivity index (χ4v) is 0. The standard InChI is InChI=1S/C2H6S.2CH3.Al/c1-2-3;;;/h3H,2H2,1H3;2*1H3;/q;2*-1;+3/p-1. The van der Waals surface area contributed by atoms with E-state index in [-0.39, 0.29) is 32.2 Å². The second-order valence-corrected chi connectivity index (χ2v) is 0.866. The van der Waals surface area contributed by atoms with Crippen molar-refractivity contribution in [3.8, 4) is 0 Å². The Hall–Kier alpha value is 0.882. The van der Waals surface area contributed by atoms with Gasteiger partial charge in [-0.25, -0.2) is 0 Å². The van der Waals surface area contributed by atoms with E-state index in [4.69, 9.17) is 0 Å². The van der Waals surface area contributed by atoms with Crippen molar-refractivity contribution in [1.29, 1.82) is 0 Å². The van der Waals surface area contributed by atoms with Gasteiger partial charge in [-0.2, -0.15) is 5.75 Å². The summed E-state index contributed by atoms with van der Waals surface area (Å²) in [6, 6.07) is 0. The van der Waals surface area contributed by atoms with E-state index >= 15 is 0 Å². The average Bonchev–Trinajstić information content (AvgIpc) is 0.918. The smallest absolute Gasteiger partial charge is 0.793 e. The Labute approximate surface area is 57.9 Å². The molecule has 0 saturated carbocycles. The molecule has 0 amide bonds. The monoisotopic (exact) mass is 118 g/mol. The minimum absolute atomic E-state index is 0. The molecule has 0 heterocycles. The summed E-state index contributed by atoms with van der Waals surface area (Å²) in [7, 11) is 0. The molecular formula is C4H11AlS. The molecule has 6 heavy (non-hydrogen) atoms. The minimum Gasteiger partial charge on any atom is -0.793 e. The molecule has 0 N–H and O–H groups in total. The van der Waals surface area contributed by atoms with Crippen LogP contribution in [0.4, 0.5) is 0 Å². The topological polar surface area (TPSA) is 0 Å². The van der Waals surface area contributed by atoms with Crippen LogP contribution in [0.2, 0.25) is 0 Å². The van der Waals surface area contributed by atoms with Crippen molar-refractivity contribution >= 4 is 30.0 Å². The van der Waals surface area contributed by atoms with Crippen molar-refractivity contribution in [2.45, 2.75) is 6.92 Å². The van der Waals surface area contributed by atoms with E-state index in [0.717, 1.165) is 5.75 Å². The molecule has 0 aromatic carbocycles. The molecule has 0 saturated heterocycles. The molecule has 2 heteroatoms. The van der Waals surface area contributed by atoms with Crippen LogP contribution in [0.25, 0.3) is 0 Å². The third-order valence-corrected chi connectivity index (χ3v) is 0. The molecule has 0 spiro atoms. The average molecular weight is 118 g/mol. The third kappa shape index (κ3) is 94.5. The largest absolute Gasteiger partial charge is 3.00 e. The molecule has 0 aliphatic heterocycles. The maximum Gasteiger partial charge on any atom is 3.00 e. The molecule has 0 aromatic heterocycles. The summed E-state index contributed by atoms with van der Waals surface area (Å²) in [6.07, 6.45) is 0. The molecule has 0 aliphatic carbocycles. The van der Waals surface area contributed by atoms with Crippen LogP contribution in [-0.4, -0.2) is 23.1 Å². The van der Waals surface area contributed by atoms with Crippen LogP contribution in [0.15, 0.2) is 0 Å². The number of hydrogen-bond acceptors (Lipinski definition) is 1. The Bertz CT molecular complexity index is 7.51. The zero-order valence-electron chi connectivity index (χ0n) is 4.69.